The molecule has 1 aliphatic heterocycles. The first-order valence-electron chi connectivity index (χ1n) is 8.61. The Morgan fingerprint density at radius 3 is 2.42 bits per heavy atom. The molecule has 0 aromatic heterocycles. The van der Waals surface area contributed by atoms with Crippen molar-refractivity contribution in [3.8, 4) is 11.5 Å². The van der Waals surface area contributed by atoms with Gasteiger partial charge in [0.25, 0.3) is 0 Å². The number of ether oxygens (including phenoxy) is 2. The average Bonchev–Trinajstić information content (AvgIpc) is 2.64. The number of hydrogen-bond donors (Lipinski definition) is 2. The first-order valence-corrected chi connectivity index (χ1v) is 8.61. The van der Waals surface area contributed by atoms with Crippen LogP contribution in [0.4, 0.5) is 5.69 Å². The van der Waals surface area contributed by atoms with E-state index in [-0.39, 0.29) is 36.8 Å². The molecular formula is C20H25ClN2O3. The standard InChI is InChI=1S/C20H24N2O3.ClH/c1-14(2)20(15-8-9-17-18(12-15)25-11-10-24-17)22-19(23)13-21-16-6-4-3-5-7-16;/h3-9,12,14,20-21H,10-11,13H2,1-2H3,(H,22,23);1H. The summed E-state index contributed by atoms with van der Waals surface area (Å²) in [5, 5.41) is 6.25. The fraction of sp³-hybridized carbons (Fsp3) is 0.350. The maximum absolute atomic E-state index is 12.4. The lowest BCUT2D eigenvalue weighted by atomic mass is 9.95. The van der Waals surface area contributed by atoms with Gasteiger partial charge in [-0.25, -0.2) is 0 Å². The van der Waals surface area contributed by atoms with Gasteiger partial charge in [0.15, 0.2) is 11.5 Å². The van der Waals surface area contributed by atoms with Crippen molar-refractivity contribution in [1.82, 2.24) is 5.32 Å². The molecule has 0 saturated heterocycles. The molecule has 140 valence electrons. The molecule has 1 aliphatic rings. The fourth-order valence-electron chi connectivity index (χ4n) is 2.85. The summed E-state index contributed by atoms with van der Waals surface area (Å²) in [7, 11) is 0. The van der Waals surface area contributed by atoms with E-state index >= 15 is 0 Å². The van der Waals surface area contributed by atoms with Crippen LogP contribution in [-0.4, -0.2) is 25.7 Å². The highest BCUT2D eigenvalue weighted by Crippen LogP contribution is 2.34. The summed E-state index contributed by atoms with van der Waals surface area (Å²) in [5.74, 6) is 1.71. The van der Waals surface area contributed by atoms with E-state index < -0.39 is 0 Å². The Balaban J connectivity index is 0.00000243. The molecule has 2 aromatic rings. The van der Waals surface area contributed by atoms with E-state index in [1.54, 1.807) is 0 Å². The summed E-state index contributed by atoms with van der Waals surface area (Å²) in [5.41, 5.74) is 1.95. The minimum Gasteiger partial charge on any atom is -0.486 e. The number of carbonyl (C=O) groups is 1. The molecule has 26 heavy (non-hydrogen) atoms. The van der Waals surface area contributed by atoms with E-state index in [0.717, 1.165) is 22.7 Å². The first kappa shape index (κ1) is 19.9. The van der Waals surface area contributed by atoms with Gasteiger partial charge >= 0.3 is 0 Å². The number of halogens is 1. The maximum atomic E-state index is 12.4. The van der Waals surface area contributed by atoms with Crippen molar-refractivity contribution in [3.63, 3.8) is 0 Å². The van der Waals surface area contributed by atoms with Gasteiger partial charge in [0.2, 0.25) is 5.91 Å². The van der Waals surface area contributed by atoms with Crippen LogP contribution in [-0.2, 0) is 4.79 Å². The number of amides is 1. The van der Waals surface area contributed by atoms with Crippen LogP contribution >= 0.6 is 12.4 Å². The van der Waals surface area contributed by atoms with Crippen molar-refractivity contribution in [2.75, 3.05) is 25.1 Å². The van der Waals surface area contributed by atoms with Crippen LogP contribution in [0.5, 0.6) is 11.5 Å². The highest BCUT2D eigenvalue weighted by atomic mass is 35.5. The Bertz CT molecular complexity index is 722. The predicted octanol–water partition coefficient (Wildman–Crippen LogP) is 3.81. The largest absolute Gasteiger partial charge is 0.486 e. The van der Waals surface area contributed by atoms with Crippen LogP contribution in [0.2, 0.25) is 0 Å². The normalized spacial score (nSPS) is 13.5. The predicted molar refractivity (Wildman–Crippen MR) is 105 cm³/mol. The topological polar surface area (TPSA) is 59.6 Å². The molecule has 0 bridgehead atoms. The summed E-state index contributed by atoms with van der Waals surface area (Å²) in [4.78, 5) is 12.4. The molecule has 0 spiro atoms. The fourth-order valence-corrected chi connectivity index (χ4v) is 2.85. The molecule has 0 radical (unpaired) electrons. The molecule has 0 saturated carbocycles. The van der Waals surface area contributed by atoms with Gasteiger partial charge in [-0.3, -0.25) is 4.79 Å². The average molecular weight is 377 g/mol. The van der Waals surface area contributed by atoms with E-state index in [9.17, 15) is 4.79 Å². The molecule has 1 heterocycles. The van der Waals surface area contributed by atoms with E-state index in [4.69, 9.17) is 9.47 Å². The molecule has 5 nitrogen and oxygen atoms in total. The van der Waals surface area contributed by atoms with Crippen LogP contribution in [0.15, 0.2) is 48.5 Å². The number of rotatable bonds is 6. The number of carbonyl (C=O) groups excluding carboxylic acids is 1. The molecule has 2 N–H and O–H groups in total. The third-order valence-electron chi connectivity index (χ3n) is 4.14. The van der Waals surface area contributed by atoms with Crippen molar-refractivity contribution >= 4 is 24.0 Å². The van der Waals surface area contributed by atoms with Gasteiger partial charge in [-0.15, -0.1) is 12.4 Å². The summed E-state index contributed by atoms with van der Waals surface area (Å²) in [6, 6.07) is 15.5. The lowest BCUT2D eigenvalue weighted by Gasteiger charge is -2.25. The SMILES string of the molecule is CC(C)C(NC(=O)CNc1ccccc1)c1ccc2c(c1)OCCO2.Cl. The van der Waals surface area contributed by atoms with E-state index in [1.165, 1.54) is 0 Å². The Kier molecular flexibility index (Phi) is 7.16. The minimum atomic E-state index is -0.0825. The zero-order valence-electron chi connectivity index (χ0n) is 15.0. The monoisotopic (exact) mass is 376 g/mol. The van der Waals surface area contributed by atoms with Gasteiger partial charge in [-0.2, -0.15) is 0 Å². The number of fused-ring (bicyclic) bond motifs is 1. The van der Waals surface area contributed by atoms with Crippen molar-refractivity contribution in [2.45, 2.75) is 19.9 Å². The summed E-state index contributed by atoms with van der Waals surface area (Å²) in [6.45, 7) is 5.54. The Morgan fingerprint density at radius 1 is 1.04 bits per heavy atom. The molecule has 1 atom stereocenters. The number of benzene rings is 2. The molecule has 1 amide bonds. The Labute approximate surface area is 160 Å². The van der Waals surface area contributed by atoms with Crippen LogP contribution in [0.3, 0.4) is 0 Å². The smallest absolute Gasteiger partial charge is 0.239 e. The van der Waals surface area contributed by atoms with Crippen molar-refractivity contribution in [3.05, 3.63) is 54.1 Å². The Morgan fingerprint density at radius 2 is 1.73 bits per heavy atom. The molecule has 0 aliphatic carbocycles. The molecule has 0 fully saturated rings. The van der Waals surface area contributed by atoms with Gasteiger partial charge in [0, 0.05) is 5.69 Å². The minimum absolute atomic E-state index is 0. The quantitative estimate of drug-likeness (QED) is 0.805. The number of hydrogen-bond acceptors (Lipinski definition) is 4. The van der Waals surface area contributed by atoms with E-state index in [0.29, 0.717) is 13.2 Å². The molecule has 6 heteroatoms. The van der Waals surface area contributed by atoms with Crippen LogP contribution < -0.4 is 20.1 Å². The summed E-state index contributed by atoms with van der Waals surface area (Å²) in [6.07, 6.45) is 0. The van der Waals surface area contributed by atoms with E-state index in [2.05, 4.69) is 24.5 Å². The van der Waals surface area contributed by atoms with Gasteiger partial charge in [-0.05, 0) is 35.7 Å². The van der Waals surface area contributed by atoms with Gasteiger partial charge in [-0.1, -0.05) is 38.1 Å². The number of nitrogens with one attached hydrogen (secondary N) is 2. The zero-order chi connectivity index (χ0) is 17.6. The van der Waals surface area contributed by atoms with Crippen LogP contribution in [0, 0.1) is 5.92 Å². The maximum Gasteiger partial charge on any atom is 0.239 e. The summed E-state index contributed by atoms with van der Waals surface area (Å²) < 4.78 is 11.2. The highest BCUT2D eigenvalue weighted by molar-refractivity contribution is 5.85. The molecule has 3 rings (SSSR count). The second kappa shape index (κ2) is 9.34. The van der Waals surface area contributed by atoms with Crippen LogP contribution in [0.25, 0.3) is 0 Å². The molecule has 2 aromatic carbocycles. The third-order valence-corrected chi connectivity index (χ3v) is 4.14. The lowest BCUT2D eigenvalue weighted by molar-refractivity contribution is -0.120. The second-order valence-corrected chi connectivity index (χ2v) is 6.41. The summed E-state index contributed by atoms with van der Waals surface area (Å²) >= 11 is 0. The zero-order valence-corrected chi connectivity index (χ0v) is 15.8. The Hall–Kier alpha value is -2.40. The van der Waals surface area contributed by atoms with Crippen molar-refractivity contribution in [1.29, 1.82) is 0 Å². The van der Waals surface area contributed by atoms with Gasteiger partial charge < -0.3 is 20.1 Å². The number of anilines is 1. The van der Waals surface area contributed by atoms with E-state index in [1.807, 2.05) is 48.5 Å². The van der Waals surface area contributed by atoms with Crippen molar-refractivity contribution < 1.29 is 14.3 Å². The molecular weight excluding hydrogens is 352 g/mol. The van der Waals surface area contributed by atoms with Gasteiger partial charge in [0.05, 0.1) is 12.6 Å². The molecule has 1 unspecified atom stereocenters. The number of para-hydroxylation sites is 1. The lowest BCUT2D eigenvalue weighted by Crippen LogP contribution is -2.35. The van der Waals surface area contributed by atoms with Gasteiger partial charge in [0.1, 0.15) is 13.2 Å². The van der Waals surface area contributed by atoms with Crippen molar-refractivity contribution in [2.24, 2.45) is 5.92 Å². The first-order chi connectivity index (χ1) is 12.1. The van der Waals surface area contributed by atoms with Crippen LogP contribution in [0.1, 0.15) is 25.5 Å². The third kappa shape index (κ3) is 5.05. The highest BCUT2D eigenvalue weighted by Gasteiger charge is 2.21. The second-order valence-electron chi connectivity index (χ2n) is 6.41.